The molecule has 1 atom stereocenters. The number of likely N-dealkylation sites (N-methyl/N-ethyl adjacent to an activating group) is 2. The van der Waals surface area contributed by atoms with E-state index in [1.165, 1.54) is 5.56 Å². The molecule has 1 unspecified atom stereocenters. The highest BCUT2D eigenvalue weighted by Gasteiger charge is 2.27. The van der Waals surface area contributed by atoms with Crippen molar-refractivity contribution >= 4 is 5.82 Å². The summed E-state index contributed by atoms with van der Waals surface area (Å²) in [5.41, 5.74) is 2.34. The summed E-state index contributed by atoms with van der Waals surface area (Å²) in [5, 5.41) is 3.37. The zero-order valence-corrected chi connectivity index (χ0v) is 13.4. The highest BCUT2D eigenvalue weighted by molar-refractivity contribution is 5.46. The molecule has 5 heteroatoms. The zero-order chi connectivity index (χ0) is 14.7. The normalized spacial score (nSPS) is 21.1. The van der Waals surface area contributed by atoms with Crippen LogP contribution in [-0.2, 0) is 6.42 Å². The van der Waals surface area contributed by atoms with E-state index in [9.17, 15) is 0 Å². The van der Waals surface area contributed by atoms with Gasteiger partial charge in [-0.25, -0.2) is 9.97 Å². The van der Waals surface area contributed by atoms with Gasteiger partial charge in [0, 0.05) is 37.4 Å². The standard InChI is InChI=1S/C15H27N5/c1-6-12-11(3)14(16-7-2)18-15(17-12)13-10-19(4)8-9-20(13)5/h13H,6-10H2,1-5H3,(H,16,17,18). The van der Waals surface area contributed by atoms with E-state index < -0.39 is 0 Å². The fourth-order valence-corrected chi connectivity index (χ4v) is 2.70. The number of aryl methyl sites for hydroxylation is 1. The monoisotopic (exact) mass is 277 g/mol. The topological polar surface area (TPSA) is 44.3 Å². The lowest BCUT2D eigenvalue weighted by Gasteiger charge is -2.37. The van der Waals surface area contributed by atoms with Crippen molar-refractivity contribution < 1.29 is 0 Å². The van der Waals surface area contributed by atoms with E-state index in [0.717, 1.165) is 49.9 Å². The molecule has 5 nitrogen and oxygen atoms in total. The van der Waals surface area contributed by atoms with E-state index in [-0.39, 0.29) is 6.04 Å². The maximum atomic E-state index is 4.82. The van der Waals surface area contributed by atoms with E-state index >= 15 is 0 Å². The van der Waals surface area contributed by atoms with Gasteiger partial charge < -0.3 is 10.2 Å². The number of rotatable bonds is 4. The Bertz CT molecular complexity index is 460. The van der Waals surface area contributed by atoms with Crippen LogP contribution in [0.3, 0.4) is 0 Å². The quantitative estimate of drug-likeness (QED) is 0.907. The Balaban J connectivity index is 2.37. The summed E-state index contributed by atoms with van der Waals surface area (Å²) in [6.45, 7) is 10.4. The van der Waals surface area contributed by atoms with E-state index in [4.69, 9.17) is 9.97 Å². The first-order valence-corrected chi connectivity index (χ1v) is 7.56. The number of hydrogen-bond acceptors (Lipinski definition) is 5. The Labute approximate surface area is 122 Å². The largest absolute Gasteiger partial charge is 0.370 e. The van der Waals surface area contributed by atoms with Crippen molar-refractivity contribution in [1.82, 2.24) is 19.8 Å². The van der Waals surface area contributed by atoms with Gasteiger partial charge in [0.25, 0.3) is 0 Å². The second-order valence-electron chi connectivity index (χ2n) is 5.64. The predicted molar refractivity (Wildman–Crippen MR) is 83.2 cm³/mol. The summed E-state index contributed by atoms with van der Waals surface area (Å²) < 4.78 is 0. The average Bonchev–Trinajstić information content (AvgIpc) is 2.44. The smallest absolute Gasteiger partial charge is 0.149 e. The molecule has 1 aliphatic heterocycles. The van der Waals surface area contributed by atoms with Gasteiger partial charge in [0.2, 0.25) is 0 Å². The van der Waals surface area contributed by atoms with E-state index in [1.54, 1.807) is 0 Å². The molecule has 0 bridgehead atoms. The van der Waals surface area contributed by atoms with Crippen LogP contribution in [0.4, 0.5) is 5.82 Å². The van der Waals surface area contributed by atoms with E-state index in [0.29, 0.717) is 0 Å². The summed E-state index contributed by atoms with van der Waals surface area (Å²) in [4.78, 5) is 14.3. The Morgan fingerprint density at radius 1 is 1.20 bits per heavy atom. The molecule has 2 rings (SSSR count). The van der Waals surface area contributed by atoms with Gasteiger partial charge in [-0.15, -0.1) is 0 Å². The van der Waals surface area contributed by atoms with Gasteiger partial charge in [0.05, 0.1) is 6.04 Å². The highest BCUT2D eigenvalue weighted by Crippen LogP contribution is 2.24. The second-order valence-corrected chi connectivity index (χ2v) is 5.64. The first-order valence-electron chi connectivity index (χ1n) is 7.56. The summed E-state index contributed by atoms with van der Waals surface area (Å²) in [6, 6.07) is 0.289. The van der Waals surface area contributed by atoms with Crippen LogP contribution in [0.25, 0.3) is 0 Å². The molecular weight excluding hydrogens is 250 g/mol. The van der Waals surface area contributed by atoms with Crippen LogP contribution < -0.4 is 5.32 Å². The third kappa shape index (κ3) is 3.10. The summed E-state index contributed by atoms with van der Waals surface area (Å²) in [6.07, 6.45) is 0.950. The molecule has 0 aromatic carbocycles. The number of aromatic nitrogens is 2. The Hall–Kier alpha value is -1.20. The van der Waals surface area contributed by atoms with Crippen molar-refractivity contribution in [2.24, 2.45) is 0 Å². The Kier molecular flexibility index (Phi) is 4.94. The molecule has 0 saturated carbocycles. The minimum atomic E-state index is 0.289. The van der Waals surface area contributed by atoms with Gasteiger partial charge in [0.15, 0.2) is 0 Å². The molecule has 1 fully saturated rings. The molecule has 1 saturated heterocycles. The van der Waals surface area contributed by atoms with Crippen molar-refractivity contribution in [2.45, 2.75) is 33.2 Å². The van der Waals surface area contributed by atoms with Crippen LogP contribution in [0.15, 0.2) is 0 Å². The molecule has 0 amide bonds. The van der Waals surface area contributed by atoms with Gasteiger partial charge in [-0.1, -0.05) is 6.92 Å². The summed E-state index contributed by atoms with van der Waals surface area (Å²) in [7, 11) is 4.33. The van der Waals surface area contributed by atoms with Crippen LogP contribution >= 0.6 is 0 Å². The van der Waals surface area contributed by atoms with Crippen LogP contribution in [0.1, 0.15) is 37.0 Å². The molecule has 112 valence electrons. The minimum Gasteiger partial charge on any atom is -0.370 e. The third-order valence-corrected chi connectivity index (χ3v) is 4.09. The Morgan fingerprint density at radius 2 is 1.95 bits per heavy atom. The van der Waals surface area contributed by atoms with Crippen molar-refractivity contribution in [3.63, 3.8) is 0 Å². The second kappa shape index (κ2) is 6.50. The van der Waals surface area contributed by atoms with Gasteiger partial charge in [-0.3, -0.25) is 4.90 Å². The number of piperazine rings is 1. The van der Waals surface area contributed by atoms with Gasteiger partial charge in [-0.05, 0) is 34.4 Å². The van der Waals surface area contributed by atoms with Gasteiger partial charge >= 0.3 is 0 Å². The summed E-state index contributed by atoms with van der Waals surface area (Å²) >= 11 is 0. The summed E-state index contributed by atoms with van der Waals surface area (Å²) in [5.74, 6) is 1.95. The molecule has 20 heavy (non-hydrogen) atoms. The number of hydrogen-bond donors (Lipinski definition) is 1. The maximum Gasteiger partial charge on any atom is 0.149 e. The molecule has 1 N–H and O–H groups in total. The third-order valence-electron chi connectivity index (χ3n) is 4.09. The molecule has 0 radical (unpaired) electrons. The van der Waals surface area contributed by atoms with Crippen molar-refractivity contribution in [1.29, 1.82) is 0 Å². The van der Waals surface area contributed by atoms with Crippen LogP contribution in [0.2, 0.25) is 0 Å². The molecule has 1 aliphatic rings. The number of nitrogens with one attached hydrogen (secondary N) is 1. The van der Waals surface area contributed by atoms with Gasteiger partial charge in [0.1, 0.15) is 11.6 Å². The number of anilines is 1. The lowest BCUT2D eigenvalue weighted by Crippen LogP contribution is -2.45. The highest BCUT2D eigenvalue weighted by atomic mass is 15.3. The molecule has 2 heterocycles. The first kappa shape index (κ1) is 15.2. The fourth-order valence-electron chi connectivity index (χ4n) is 2.70. The maximum absolute atomic E-state index is 4.82. The van der Waals surface area contributed by atoms with Crippen LogP contribution in [-0.4, -0.2) is 60.0 Å². The van der Waals surface area contributed by atoms with E-state index in [2.05, 4.69) is 50.0 Å². The minimum absolute atomic E-state index is 0.289. The zero-order valence-electron chi connectivity index (χ0n) is 13.4. The van der Waals surface area contributed by atoms with Crippen molar-refractivity contribution in [3.05, 3.63) is 17.1 Å². The molecular formula is C15H27N5. The molecule has 1 aromatic heterocycles. The lowest BCUT2D eigenvalue weighted by molar-refractivity contribution is 0.109. The number of nitrogens with zero attached hydrogens (tertiary/aromatic N) is 4. The first-order chi connectivity index (χ1) is 9.56. The predicted octanol–water partition coefficient (Wildman–Crippen LogP) is 1.70. The van der Waals surface area contributed by atoms with Crippen LogP contribution in [0, 0.1) is 6.92 Å². The fraction of sp³-hybridized carbons (Fsp3) is 0.733. The van der Waals surface area contributed by atoms with Crippen molar-refractivity contribution in [3.8, 4) is 0 Å². The van der Waals surface area contributed by atoms with Crippen molar-refractivity contribution in [2.75, 3.05) is 45.6 Å². The SMILES string of the molecule is CCNc1nc(C2CN(C)CCN2C)nc(CC)c1C. The van der Waals surface area contributed by atoms with Gasteiger partial charge in [-0.2, -0.15) is 0 Å². The van der Waals surface area contributed by atoms with E-state index in [1.807, 2.05) is 0 Å². The molecule has 0 aliphatic carbocycles. The molecule has 0 spiro atoms. The Morgan fingerprint density at radius 3 is 2.60 bits per heavy atom. The van der Waals surface area contributed by atoms with Crippen LogP contribution in [0.5, 0.6) is 0 Å². The molecule has 1 aromatic rings. The lowest BCUT2D eigenvalue weighted by atomic mass is 10.1. The average molecular weight is 277 g/mol.